The molecular formula is C18H20N4O3. The predicted octanol–water partition coefficient (Wildman–Crippen LogP) is 2.26. The van der Waals surface area contributed by atoms with Crippen molar-refractivity contribution in [1.29, 1.82) is 0 Å². The van der Waals surface area contributed by atoms with E-state index < -0.39 is 4.92 Å². The van der Waals surface area contributed by atoms with Gasteiger partial charge >= 0.3 is 0 Å². The molecule has 7 nitrogen and oxygen atoms in total. The average molecular weight is 340 g/mol. The van der Waals surface area contributed by atoms with Crippen molar-refractivity contribution >= 4 is 11.6 Å². The number of rotatable bonds is 4. The normalized spacial score (nSPS) is 15.2. The van der Waals surface area contributed by atoms with Crippen LogP contribution in [0.2, 0.25) is 0 Å². The van der Waals surface area contributed by atoms with Crippen molar-refractivity contribution < 1.29 is 9.72 Å². The van der Waals surface area contributed by atoms with Crippen molar-refractivity contribution in [2.24, 2.45) is 0 Å². The quantitative estimate of drug-likeness (QED) is 0.630. The Morgan fingerprint density at radius 2 is 2.00 bits per heavy atom. The van der Waals surface area contributed by atoms with Gasteiger partial charge in [0.05, 0.1) is 4.92 Å². The molecule has 1 aromatic carbocycles. The van der Waals surface area contributed by atoms with Crippen molar-refractivity contribution in [2.45, 2.75) is 13.5 Å². The molecule has 1 aromatic heterocycles. The number of aromatic nitrogens is 1. The number of carbonyl (C=O) groups excluding carboxylic acids is 1. The van der Waals surface area contributed by atoms with Crippen LogP contribution in [0.1, 0.15) is 21.5 Å². The maximum absolute atomic E-state index is 12.6. The first kappa shape index (κ1) is 17.0. The number of hydrogen-bond acceptors (Lipinski definition) is 5. The van der Waals surface area contributed by atoms with Crippen LogP contribution in [0.25, 0.3) is 0 Å². The average Bonchev–Trinajstić information content (AvgIpc) is 2.63. The van der Waals surface area contributed by atoms with Gasteiger partial charge in [-0.25, -0.2) is 0 Å². The second kappa shape index (κ2) is 7.40. The number of benzene rings is 1. The summed E-state index contributed by atoms with van der Waals surface area (Å²) in [6, 6.07) is 8.62. The third kappa shape index (κ3) is 4.00. The Hall–Kier alpha value is -2.80. The van der Waals surface area contributed by atoms with Gasteiger partial charge in [0, 0.05) is 62.3 Å². The second-order valence-corrected chi connectivity index (χ2v) is 6.19. The van der Waals surface area contributed by atoms with E-state index in [-0.39, 0.29) is 11.6 Å². The van der Waals surface area contributed by atoms with E-state index in [1.54, 1.807) is 30.2 Å². The topological polar surface area (TPSA) is 79.6 Å². The van der Waals surface area contributed by atoms with Crippen LogP contribution in [0.3, 0.4) is 0 Å². The lowest BCUT2D eigenvalue weighted by atomic mass is 10.1. The first-order valence-corrected chi connectivity index (χ1v) is 8.20. The Kier molecular flexibility index (Phi) is 5.04. The maximum atomic E-state index is 12.6. The zero-order chi connectivity index (χ0) is 17.8. The fourth-order valence-corrected chi connectivity index (χ4v) is 2.98. The van der Waals surface area contributed by atoms with Gasteiger partial charge in [0.25, 0.3) is 11.6 Å². The number of nitro benzene ring substituents is 1. The van der Waals surface area contributed by atoms with Gasteiger partial charge in [-0.15, -0.1) is 0 Å². The molecule has 1 amide bonds. The summed E-state index contributed by atoms with van der Waals surface area (Å²) in [7, 11) is 0. The Bertz CT molecular complexity index is 771. The van der Waals surface area contributed by atoms with Gasteiger partial charge < -0.3 is 4.90 Å². The van der Waals surface area contributed by atoms with E-state index in [1.165, 1.54) is 6.07 Å². The summed E-state index contributed by atoms with van der Waals surface area (Å²) in [5.74, 6) is -0.149. The Labute approximate surface area is 146 Å². The fraction of sp³-hybridized carbons (Fsp3) is 0.333. The fourth-order valence-electron chi connectivity index (χ4n) is 2.98. The van der Waals surface area contributed by atoms with Crippen molar-refractivity contribution in [1.82, 2.24) is 14.8 Å². The van der Waals surface area contributed by atoms with E-state index in [9.17, 15) is 14.9 Å². The zero-order valence-electron chi connectivity index (χ0n) is 14.1. The summed E-state index contributed by atoms with van der Waals surface area (Å²) in [6.07, 6.45) is 3.60. The van der Waals surface area contributed by atoms with Gasteiger partial charge in [0.2, 0.25) is 0 Å². The molecule has 3 rings (SSSR count). The largest absolute Gasteiger partial charge is 0.336 e. The van der Waals surface area contributed by atoms with Crippen molar-refractivity contribution in [3.8, 4) is 0 Å². The number of piperazine rings is 1. The van der Waals surface area contributed by atoms with E-state index in [0.29, 0.717) is 24.2 Å². The van der Waals surface area contributed by atoms with E-state index >= 15 is 0 Å². The summed E-state index contributed by atoms with van der Waals surface area (Å²) in [4.78, 5) is 31.4. The number of pyridine rings is 1. The van der Waals surface area contributed by atoms with Crippen LogP contribution in [0.4, 0.5) is 5.69 Å². The van der Waals surface area contributed by atoms with Crippen LogP contribution in [-0.4, -0.2) is 51.8 Å². The molecular weight excluding hydrogens is 320 g/mol. The molecule has 7 heteroatoms. The summed E-state index contributed by atoms with van der Waals surface area (Å²) in [5.41, 5.74) is 2.07. The lowest BCUT2D eigenvalue weighted by Crippen LogP contribution is -2.48. The van der Waals surface area contributed by atoms with Crippen LogP contribution in [0.15, 0.2) is 42.7 Å². The molecule has 0 saturated carbocycles. The third-order valence-electron chi connectivity index (χ3n) is 4.44. The van der Waals surface area contributed by atoms with Crippen LogP contribution in [0.5, 0.6) is 0 Å². The molecule has 0 N–H and O–H groups in total. The SMILES string of the molecule is Cc1ccc(C(=O)N2CCN(Cc3cccnc3)CC2)cc1[N+](=O)[O-]. The number of amides is 1. The Morgan fingerprint density at radius 1 is 1.24 bits per heavy atom. The number of nitrogens with zero attached hydrogens (tertiary/aromatic N) is 4. The molecule has 1 fully saturated rings. The Morgan fingerprint density at radius 3 is 2.64 bits per heavy atom. The number of hydrogen-bond donors (Lipinski definition) is 0. The van der Waals surface area contributed by atoms with Crippen molar-refractivity contribution in [3.05, 3.63) is 69.5 Å². The predicted molar refractivity (Wildman–Crippen MR) is 93.3 cm³/mol. The lowest BCUT2D eigenvalue weighted by Gasteiger charge is -2.34. The van der Waals surface area contributed by atoms with Gasteiger partial charge in [-0.2, -0.15) is 0 Å². The minimum Gasteiger partial charge on any atom is -0.336 e. The lowest BCUT2D eigenvalue weighted by molar-refractivity contribution is -0.385. The van der Waals surface area contributed by atoms with Crippen LogP contribution in [0, 0.1) is 17.0 Å². The van der Waals surface area contributed by atoms with Gasteiger partial charge in [-0.05, 0) is 24.6 Å². The van der Waals surface area contributed by atoms with Gasteiger partial charge in [0.15, 0.2) is 0 Å². The molecule has 0 unspecified atom stereocenters. The molecule has 0 atom stereocenters. The van der Waals surface area contributed by atoms with E-state index in [0.717, 1.165) is 25.2 Å². The van der Waals surface area contributed by atoms with Gasteiger partial charge in [0.1, 0.15) is 0 Å². The van der Waals surface area contributed by atoms with Crippen LogP contribution in [-0.2, 0) is 6.54 Å². The minimum atomic E-state index is -0.446. The molecule has 0 radical (unpaired) electrons. The third-order valence-corrected chi connectivity index (χ3v) is 4.44. The first-order valence-electron chi connectivity index (χ1n) is 8.20. The molecule has 25 heavy (non-hydrogen) atoms. The highest BCUT2D eigenvalue weighted by Crippen LogP contribution is 2.21. The molecule has 1 aliphatic heterocycles. The highest BCUT2D eigenvalue weighted by molar-refractivity contribution is 5.95. The Balaban J connectivity index is 1.62. The molecule has 2 heterocycles. The molecule has 1 saturated heterocycles. The maximum Gasteiger partial charge on any atom is 0.273 e. The van der Waals surface area contributed by atoms with Crippen LogP contribution < -0.4 is 0 Å². The summed E-state index contributed by atoms with van der Waals surface area (Å²) >= 11 is 0. The summed E-state index contributed by atoms with van der Waals surface area (Å²) in [6.45, 7) is 5.25. The van der Waals surface area contributed by atoms with E-state index in [2.05, 4.69) is 9.88 Å². The summed E-state index contributed by atoms with van der Waals surface area (Å²) in [5, 5.41) is 11.1. The standard InChI is InChI=1S/C18H20N4O3/c1-14-4-5-16(11-17(14)22(24)25)18(23)21-9-7-20(8-10-21)13-15-3-2-6-19-12-15/h2-6,11-12H,7-10,13H2,1H3. The molecule has 130 valence electrons. The summed E-state index contributed by atoms with van der Waals surface area (Å²) < 4.78 is 0. The highest BCUT2D eigenvalue weighted by atomic mass is 16.6. The van der Waals surface area contributed by atoms with Gasteiger partial charge in [-0.1, -0.05) is 12.1 Å². The smallest absolute Gasteiger partial charge is 0.273 e. The van der Waals surface area contributed by atoms with E-state index in [4.69, 9.17) is 0 Å². The number of carbonyl (C=O) groups is 1. The number of nitro groups is 1. The monoisotopic (exact) mass is 340 g/mol. The molecule has 0 spiro atoms. The van der Waals surface area contributed by atoms with Crippen LogP contribution >= 0.6 is 0 Å². The second-order valence-electron chi connectivity index (χ2n) is 6.19. The first-order chi connectivity index (χ1) is 12.0. The highest BCUT2D eigenvalue weighted by Gasteiger charge is 2.24. The zero-order valence-corrected chi connectivity index (χ0v) is 14.1. The molecule has 2 aromatic rings. The molecule has 0 bridgehead atoms. The number of aryl methyl sites for hydroxylation is 1. The molecule has 1 aliphatic rings. The molecule has 0 aliphatic carbocycles. The minimum absolute atomic E-state index is 0.0129. The van der Waals surface area contributed by atoms with Gasteiger partial charge in [-0.3, -0.25) is 24.8 Å². The van der Waals surface area contributed by atoms with Crippen molar-refractivity contribution in [3.63, 3.8) is 0 Å². The van der Waals surface area contributed by atoms with Crippen molar-refractivity contribution in [2.75, 3.05) is 26.2 Å². The van der Waals surface area contributed by atoms with E-state index in [1.807, 2.05) is 18.3 Å².